The molecule has 6 heteroatoms. The van der Waals surface area contributed by atoms with Crippen molar-refractivity contribution in [2.24, 2.45) is 11.8 Å². The van der Waals surface area contributed by atoms with Gasteiger partial charge in [0.15, 0.2) is 0 Å². The Bertz CT molecular complexity index is 540. The quantitative estimate of drug-likeness (QED) is 0.753. The summed E-state index contributed by atoms with van der Waals surface area (Å²) in [6.07, 6.45) is 1.47. The standard InChI is InChI=1S/C18H25NO4S/c1-2-24-12-13-3-5-15(6-4-13)17(20)19-11-16(18(21)22)14-7-9-23-10-8-14/h3-6,14,16H,2,7-12H2,1H3,(H,19,20)(H,21,22). The lowest BCUT2D eigenvalue weighted by molar-refractivity contribution is -0.144. The summed E-state index contributed by atoms with van der Waals surface area (Å²) in [5, 5.41) is 12.2. The number of nitrogens with one attached hydrogen (secondary N) is 1. The van der Waals surface area contributed by atoms with Gasteiger partial charge < -0.3 is 15.2 Å². The first-order valence-corrected chi connectivity index (χ1v) is 9.52. The molecule has 0 saturated carbocycles. The molecule has 24 heavy (non-hydrogen) atoms. The van der Waals surface area contributed by atoms with Gasteiger partial charge in [0.1, 0.15) is 0 Å². The minimum absolute atomic E-state index is 0.0602. The van der Waals surface area contributed by atoms with E-state index in [2.05, 4.69) is 12.2 Å². The van der Waals surface area contributed by atoms with Crippen LogP contribution in [-0.4, -0.2) is 42.5 Å². The summed E-state index contributed by atoms with van der Waals surface area (Å²) in [5.74, 6) is 0.425. The molecule has 0 spiro atoms. The van der Waals surface area contributed by atoms with Crippen molar-refractivity contribution < 1.29 is 19.4 Å². The third kappa shape index (κ3) is 5.53. The van der Waals surface area contributed by atoms with Gasteiger partial charge in [0.2, 0.25) is 0 Å². The molecule has 0 aliphatic carbocycles. The highest BCUT2D eigenvalue weighted by Gasteiger charge is 2.30. The first-order chi connectivity index (χ1) is 11.6. The number of thioether (sulfide) groups is 1. The molecule has 0 bridgehead atoms. The van der Waals surface area contributed by atoms with Gasteiger partial charge in [-0.2, -0.15) is 11.8 Å². The van der Waals surface area contributed by atoms with Gasteiger partial charge in [-0.3, -0.25) is 9.59 Å². The van der Waals surface area contributed by atoms with Gasteiger partial charge >= 0.3 is 5.97 Å². The molecule has 1 amide bonds. The van der Waals surface area contributed by atoms with Crippen molar-refractivity contribution in [3.63, 3.8) is 0 Å². The number of hydrogen-bond donors (Lipinski definition) is 2. The molecular weight excluding hydrogens is 326 g/mol. The summed E-state index contributed by atoms with van der Waals surface area (Å²) >= 11 is 1.83. The van der Waals surface area contributed by atoms with Crippen LogP contribution < -0.4 is 5.32 Å². The molecule has 1 unspecified atom stereocenters. The number of carboxylic acids is 1. The van der Waals surface area contributed by atoms with Crippen molar-refractivity contribution in [3.8, 4) is 0 Å². The van der Waals surface area contributed by atoms with Crippen LogP contribution in [0.1, 0.15) is 35.7 Å². The van der Waals surface area contributed by atoms with E-state index in [0.717, 1.165) is 24.3 Å². The van der Waals surface area contributed by atoms with Gasteiger partial charge in [-0.25, -0.2) is 0 Å². The number of benzene rings is 1. The average Bonchev–Trinajstić information content (AvgIpc) is 2.61. The third-order valence-electron chi connectivity index (χ3n) is 4.32. The fraction of sp³-hybridized carbons (Fsp3) is 0.556. The minimum Gasteiger partial charge on any atom is -0.481 e. The number of carbonyl (C=O) groups excluding carboxylic acids is 1. The molecule has 1 fully saturated rings. The lowest BCUT2D eigenvalue weighted by atomic mass is 9.86. The second-order valence-electron chi connectivity index (χ2n) is 5.94. The van der Waals surface area contributed by atoms with Crippen molar-refractivity contribution >= 4 is 23.6 Å². The molecule has 1 saturated heterocycles. The van der Waals surface area contributed by atoms with Gasteiger partial charge in [0.05, 0.1) is 5.92 Å². The second-order valence-corrected chi connectivity index (χ2v) is 7.21. The van der Waals surface area contributed by atoms with E-state index < -0.39 is 11.9 Å². The SMILES string of the molecule is CCSCc1ccc(C(=O)NCC(C(=O)O)C2CCOCC2)cc1. The van der Waals surface area contributed by atoms with Crippen LogP contribution in [0.25, 0.3) is 0 Å². The predicted octanol–water partition coefficient (Wildman–Crippen LogP) is 2.80. The summed E-state index contributed by atoms with van der Waals surface area (Å²) in [6.45, 7) is 3.47. The maximum atomic E-state index is 12.2. The zero-order valence-corrected chi connectivity index (χ0v) is 14.8. The van der Waals surface area contributed by atoms with Gasteiger partial charge in [-0.15, -0.1) is 0 Å². The van der Waals surface area contributed by atoms with Crippen LogP contribution in [-0.2, 0) is 15.3 Å². The van der Waals surface area contributed by atoms with Crippen molar-refractivity contribution in [1.29, 1.82) is 0 Å². The molecule has 0 radical (unpaired) electrons. The maximum absolute atomic E-state index is 12.2. The highest BCUT2D eigenvalue weighted by atomic mass is 32.2. The summed E-state index contributed by atoms with van der Waals surface area (Å²) < 4.78 is 5.28. The van der Waals surface area contributed by atoms with Crippen molar-refractivity contribution in [3.05, 3.63) is 35.4 Å². The smallest absolute Gasteiger partial charge is 0.308 e. The molecule has 132 valence electrons. The predicted molar refractivity (Wildman–Crippen MR) is 95.3 cm³/mol. The van der Waals surface area contributed by atoms with Crippen LogP contribution in [0.3, 0.4) is 0 Å². The van der Waals surface area contributed by atoms with Crippen molar-refractivity contribution in [1.82, 2.24) is 5.32 Å². The van der Waals surface area contributed by atoms with Gasteiger partial charge in [0, 0.05) is 31.1 Å². The Morgan fingerprint density at radius 2 is 1.96 bits per heavy atom. The summed E-state index contributed by atoms with van der Waals surface area (Å²) in [4.78, 5) is 23.7. The van der Waals surface area contributed by atoms with E-state index in [1.165, 1.54) is 5.56 Å². The van der Waals surface area contributed by atoms with Crippen LogP contribution in [0.2, 0.25) is 0 Å². The fourth-order valence-corrected chi connectivity index (χ4v) is 3.48. The summed E-state index contributed by atoms with van der Waals surface area (Å²) in [6, 6.07) is 7.49. The van der Waals surface area contributed by atoms with E-state index in [1.807, 2.05) is 23.9 Å². The maximum Gasteiger partial charge on any atom is 0.308 e. The monoisotopic (exact) mass is 351 g/mol. The first kappa shape index (κ1) is 18.8. The Kier molecular flexibility index (Phi) is 7.59. The minimum atomic E-state index is -0.853. The lowest BCUT2D eigenvalue weighted by Gasteiger charge is -2.27. The Balaban J connectivity index is 1.89. The Hall–Kier alpha value is -1.53. The lowest BCUT2D eigenvalue weighted by Crippen LogP contribution is -2.39. The highest BCUT2D eigenvalue weighted by Crippen LogP contribution is 2.24. The molecule has 0 aromatic heterocycles. The Labute approximate surface area is 147 Å². The van der Waals surface area contributed by atoms with E-state index in [1.54, 1.807) is 12.1 Å². The van der Waals surface area contributed by atoms with Crippen molar-refractivity contribution in [2.75, 3.05) is 25.5 Å². The van der Waals surface area contributed by atoms with Crippen LogP contribution in [0, 0.1) is 11.8 Å². The number of rotatable bonds is 8. The van der Waals surface area contributed by atoms with Crippen LogP contribution in [0.15, 0.2) is 24.3 Å². The molecule has 5 nitrogen and oxygen atoms in total. The molecule has 2 rings (SSSR count). The third-order valence-corrected chi connectivity index (χ3v) is 5.27. The normalized spacial score (nSPS) is 16.5. The first-order valence-electron chi connectivity index (χ1n) is 8.37. The van der Waals surface area contributed by atoms with E-state index in [-0.39, 0.29) is 18.4 Å². The van der Waals surface area contributed by atoms with Crippen molar-refractivity contribution in [2.45, 2.75) is 25.5 Å². The zero-order valence-electron chi connectivity index (χ0n) is 14.0. The molecule has 1 aliphatic rings. The number of carbonyl (C=O) groups is 2. The summed E-state index contributed by atoms with van der Waals surface area (Å²) in [7, 11) is 0. The highest BCUT2D eigenvalue weighted by molar-refractivity contribution is 7.98. The molecule has 2 N–H and O–H groups in total. The van der Waals surface area contributed by atoms with E-state index >= 15 is 0 Å². The molecular formula is C18H25NO4S. The topological polar surface area (TPSA) is 75.6 Å². The van der Waals surface area contributed by atoms with Crippen LogP contribution >= 0.6 is 11.8 Å². The number of carboxylic acid groups (broad SMARTS) is 1. The number of ether oxygens (including phenoxy) is 1. The number of hydrogen-bond acceptors (Lipinski definition) is 4. The second kappa shape index (κ2) is 9.69. The molecule has 1 aromatic rings. The number of aliphatic carboxylic acids is 1. The molecule has 1 atom stereocenters. The van der Waals surface area contributed by atoms with E-state index in [0.29, 0.717) is 18.8 Å². The van der Waals surface area contributed by atoms with Gasteiger partial charge in [0.25, 0.3) is 5.91 Å². The van der Waals surface area contributed by atoms with Crippen LogP contribution in [0.4, 0.5) is 0 Å². The molecule has 1 heterocycles. The molecule has 1 aromatic carbocycles. The van der Waals surface area contributed by atoms with Gasteiger partial charge in [-0.05, 0) is 42.2 Å². The zero-order chi connectivity index (χ0) is 17.4. The number of amides is 1. The molecule has 1 aliphatic heterocycles. The van der Waals surface area contributed by atoms with E-state index in [4.69, 9.17) is 4.74 Å². The Morgan fingerprint density at radius 3 is 2.54 bits per heavy atom. The fourth-order valence-electron chi connectivity index (χ4n) is 2.85. The summed E-state index contributed by atoms with van der Waals surface area (Å²) in [5.41, 5.74) is 1.75. The average molecular weight is 351 g/mol. The largest absolute Gasteiger partial charge is 0.481 e. The van der Waals surface area contributed by atoms with Gasteiger partial charge in [-0.1, -0.05) is 19.1 Å². The Morgan fingerprint density at radius 1 is 1.29 bits per heavy atom. The van der Waals surface area contributed by atoms with E-state index in [9.17, 15) is 14.7 Å². The van der Waals surface area contributed by atoms with Crippen LogP contribution in [0.5, 0.6) is 0 Å².